The quantitative estimate of drug-likeness (QED) is 0.665. The molecule has 0 rings (SSSR count). The van der Waals surface area contributed by atoms with Crippen molar-refractivity contribution in [2.75, 3.05) is 13.1 Å². The predicted molar refractivity (Wildman–Crippen MR) is 46.4 cm³/mol. The number of nitrogens with two attached hydrogens (primary N) is 2. The summed E-state index contributed by atoms with van der Waals surface area (Å²) in [5.41, 5.74) is 10.6. The maximum absolute atomic E-state index is 5.30. The van der Waals surface area contributed by atoms with Crippen molar-refractivity contribution in [3.05, 3.63) is 0 Å². The third-order valence-corrected chi connectivity index (χ3v) is 1.06. The van der Waals surface area contributed by atoms with Crippen LogP contribution in [0.15, 0.2) is 0 Å². The van der Waals surface area contributed by atoms with Gasteiger partial charge in [-0.05, 0) is 25.4 Å². The highest BCUT2D eigenvalue weighted by Gasteiger charge is 1.93. The molecule has 0 aliphatic heterocycles. The van der Waals surface area contributed by atoms with Gasteiger partial charge in [0.1, 0.15) is 0 Å². The maximum Gasteiger partial charge on any atom is -0.00510 e. The van der Waals surface area contributed by atoms with Crippen molar-refractivity contribution in [1.82, 2.24) is 0 Å². The van der Waals surface area contributed by atoms with Crippen LogP contribution in [0.5, 0.6) is 0 Å². The van der Waals surface area contributed by atoms with Gasteiger partial charge in [0, 0.05) is 0 Å². The lowest BCUT2D eigenvalue weighted by molar-refractivity contribution is 0.553. The Morgan fingerprint density at radius 2 is 1.67 bits per heavy atom. The Balaban J connectivity index is -0.000000180. The molecule has 0 fully saturated rings. The number of hydrogen-bond acceptors (Lipinski definition) is 2. The van der Waals surface area contributed by atoms with Crippen molar-refractivity contribution >= 4 is 24.8 Å². The minimum absolute atomic E-state index is 0. The van der Waals surface area contributed by atoms with Gasteiger partial charge in [0.25, 0.3) is 0 Å². The smallest absolute Gasteiger partial charge is 0.00510 e. The van der Waals surface area contributed by atoms with Gasteiger partial charge in [-0.2, -0.15) is 0 Å². The van der Waals surface area contributed by atoms with Crippen molar-refractivity contribution in [3.8, 4) is 0 Å². The lowest BCUT2D eigenvalue weighted by Gasteiger charge is -2.02. The SMILES string of the molecule is CC(CN)CCN.Cl.Cl. The largest absolute Gasteiger partial charge is 0.330 e. The maximum atomic E-state index is 5.30. The van der Waals surface area contributed by atoms with E-state index in [0.717, 1.165) is 19.5 Å². The van der Waals surface area contributed by atoms with Crippen LogP contribution in [0.25, 0.3) is 0 Å². The Labute approximate surface area is 69.2 Å². The van der Waals surface area contributed by atoms with E-state index in [4.69, 9.17) is 11.5 Å². The molecule has 0 spiro atoms. The Kier molecular flexibility index (Phi) is 20.4. The summed E-state index contributed by atoms with van der Waals surface area (Å²) in [5, 5.41) is 0. The van der Waals surface area contributed by atoms with E-state index in [9.17, 15) is 0 Å². The van der Waals surface area contributed by atoms with E-state index in [1.807, 2.05) is 0 Å². The van der Waals surface area contributed by atoms with Gasteiger partial charge in [-0.25, -0.2) is 0 Å². The molecule has 9 heavy (non-hydrogen) atoms. The van der Waals surface area contributed by atoms with E-state index in [1.165, 1.54) is 0 Å². The molecule has 2 nitrogen and oxygen atoms in total. The zero-order valence-corrected chi connectivity index (χ0v) is 7.30. The van der Waals surface area contributed by atoms with E-state index in [1.54, 1.807) is 0 Å². The molecule has 1 unspecified atom stereocenters. The molecule has 1 atom stereocenters. The molecular weight excluding hydrogens is 159 g/mol. The van der Waals surface area contributed by atoms with Gasteiger partial charge in [0.15, 0.2) is 0 Å². The van der Waals surface area contributed by atoms with Crippen LogP contribution in [0, 0.1) is 5.92 Å². The van der Waals surface area contributed by atoms with E-state index in [0.29, 0.717) is 5.92 Å². The van der Waals surface area contributed by atoms with Gasteiger partial charge in [-0.15, -0.1) is 24.8 Å². The molecule has 0 saturated heterocycles. The first-order valence-corrected chi connectivity index (χ1v) is 2.71. The molecule has 4 heteroatoms. The summed E-state index contributed by atoms with van der Waals surface area (Å²) in [4.78, 5) is 0. The van der Waals surface area contributed by atoms with Gasteiger partial charge in [0.05, 0.1) is 0 Å². The topological polar surface area (TPSA) is 52.0 Å². The monoisotopic (exact) mass is 174 g/mol. The number of rotatable bonds is 3. The van der Waals surface area contributed by atoms with Crippen LogP contribution in [0.4, 0.5) is 0 Å². The van der Waals surface area contributed by atoms with Crippen LogP contribution in [-0.4, -0.2) is 13.1 Å². The van der Waals surface area contributed by atoms with Gasteiger partial charge in [-0.1, -0.05) is 6.92 Å². The van der Waals surface area contributed by atoms with Gasteiger partial charge >= 0.3 is 0 Å². The van der Waals surface area contributed by atoms with Crippen molar-refractivity contribution in [2.24, 2.45) is 17.4 Å². The first-order valence-electron chi connectivity index (χ1n) is 2.71. The Bertz CT molecular complexity index is 43.9. The zero-order chi connectivity index (χ0) is 5.70. The molecule has 0 aliphatic rings. The lowest BCUT2D eigenvalue weighted by atomic mass is 10.1. The Morgan fingerprint density at radius 3 is 1.78 bits per heavy atom. The van der Waals surface area contributed by atoms with E-state index in [-0.39, 0.29) is 24.8 Å². The molecular formula is C5H16Cl2N2. The van der Waals surface area contributed by atoms with Crippen molar-refractivity contribution in [2.45, 2.75) is 13.3 Å². The highest BCUT2D eigenvalue weighted by molar-refractivity contribution is 5.85. The molecule has 0 bridgehead atoms. The fourth-order valence-corrected chi connectivity index (χ4v) is 0.402. The van der Waals surface area contributed by atoms with Crippen molar-refractivity contribution in [1.29, 1.82) is 0 Å². The fraction of sp³-hybridized carbons (Fsp3) is 1.00. The van der Waals surface area contributed by atoms with E-state index < -0.39 is 0 Å². The van der Waals surface area contributed by atoms with Crippen LogP contribution >= 0.6 is 24.8 Å². The van der Waals surface area contributed by atoms with Gasteiger partial charge in [-0.3, -0.25) is 0 Å². The molecule has 0 aliphatic carbocycles. The number of halogens is 2. The van der Waals surface area contributed by atoms with Crippen molar-refractivity contribution in [3.63, 3.8) is 0 Å². The molecule has 0 radical (unpaired) electrons. The molecule has 0 amide bonds. The number of hydrogen-bond donors (Lipinski definition) is 2. The van der Waals surface area contributed by atoms with Crippen LogP contribution in [0.2, 0.25) is 0 Å². The molecule has 0 saturated carbocycles. The van der Waals surface area contributed by atoms with E-state index in [2.05, 4.69) is 6.92 Å². The minimum Gasteiger partial charge on any atom is -0.330 e. The Hall–Kier alpha value is 0.500. The summed E-state index contributed by atoms with van der Waals surface area (Å²) in [6.07, 6.45) is 1.05. The standard InChI is InChI=1S/C5H14N2.2ClH/c1-5(4-7)2-3-6;;/h5H,2-4,6-7H2,1H3;2*1H. The molecule has 0 heterocycles. The first-order chi connectivity index (χ1) is 3.31. The molecule has 4 N–H and O–H groups in total. The summed E-state index contributed by atoms with van der Waals surface area (Å²) in [6.45, 7) is 3.63. The van der Waals surface area contributed by atoms with Crippen LogP contribution in [-0.2, 0) is 0 Å². The van der Waals surface area contributed by atoms with Gasteiger partial charge < -0.3 is 11.5 Å². The first kappa shape index (κ1) is 16.2. The third-order valence-electron chi connectivity index (χ3n) is 1.06. The lowest BCUT2D eigenvalue weighted by Crippen LogP contribution is -2.14. The van der Waals surface area contributed by atoms with Crippen LogP contribution in [0.1, 0.15) is 13.3 Å². The normalized spacial score (nSPS) is 11.0. The van der Waals surface area contributed by atoms with Crippen molar-refractivity contribution < 1.29 is 0 Å². The van der Waals surface area contributed by atoms with E-state index >= 15 is 0 Å². The van der Waals surface area contributed by atoms with Gasteiger partial charge in [0.2, 0.25) is 0 Å². The second-order valence-corrected chi connectivity index (χ2v) is 1.92. The Morgan fingerprint density at radius 1 is 1.22 bits per heavy atom. The summed E-state index contributed by atoms with van der Waals surface area (Å²) < 4.78 is 0. The second kappa shape index (κ2) is 11.3. The average Bonchev–Trinajstić information content (AvgIpc) is 1.68. The summed E-state index contributed by atoms with van der Waals surface area (Å²) >= 11 is 0. The molecule has 0 aromatic carbocycles. The molecule has 0 aromatic heterocycles. The van der Waals surface area contributed by atoms with Crippen LogP contribution in [0.3, 0.4) is 0 Å². The summed E-state index contributed by atoms with van der Waals surface area (Å²) in [5.74, 6) is 0.602. The van der Waals surface area contributed by atoms with Crippen LogP contribution < -0.4 is 11.5 Å². The minimum atomic E-state index is 0. The highest BCUT2D eigenvalue weighted by atomic mass is 35.5. The summed E-state index contributed by atoms with van der Waals surface area (Å²) in [6, 6.07) is 0. The zero-order valence-electron chi connectivity index (χ0n) is 5.67. The predicted octanol–water partition coefficient (Wildman–Crippen LogP) is 0.774. The fourth-order valence-electron chi connectivity index (χ4n) is 0.402. The second-order valence-electron chi connectivity index (χ2n) is 1.92. The third kappa shape index (κ3) is 11.9. The summed E-state index contributed by atoms with van der Waals surface area (Å²) in [7, 11) is 0. The average molecular weight is 175 g/mol. The highest BCUT2D eigenvalue weighted by Crippen LogP contribution is 1.93. The molecule has 60 valence electrons. The molecule has 0 aromatic rings.